The van der Waals surface area contributed by atoms with Gasteiger partial charge in [0.05, 0.1) is 17.2 Å². The van der Waals surface area contributed by atoms with E-state index in [4.69, 9.17) is 0 Å². The van der Waals surface area contributed by atoms with Crippen LogP contribution in [0.3, 0.4) is 0 Å². The molecule has 0 atom stereocenters. The molecule has 0 aliphatic carbocycles. The highest BCUT2D eigenvalue weighted by Crippen LogP contribution is 2.24. The SMILES string of the molecule is Cc1ccc(NC(=O)CSCC(=O)Nc2nc(-c3ccccc3)cs2)cc1. The minimum absolute atomic E-state index is 0.128. The Balaban J connectivity index is 1.41. The van der Waals surface area contributed by atoms with Gasteiger partial charge in [0, 0.05) is 16.6 Å². The number of rotatable bonds is 7. The predicted octanol–water partition coefficient (Wildman–Crippen LogP) is 4.43. The van der Waals surface area contributed by atoms with Crippen LogP contribution in [0.4, 0.5) is 10.8 Å². The van der Waals surface area contributed by atoms with Crippen molar-refractivity contribution < 1.29 is 9.59 Å². The van der Waals surface area contributed by atoms with E-state index in [0.717, 1.165) is 22.5 Å². The van der Waals surface area contributed by atoms with Crippen molar-refractivity contribution in [2.24, 2.45) is 0 Å². The quantitative estimate of drug-likeness (QED) is 0.619. The average molecular weight is 398 g/mol. The van der Waals surface area contributed by atoms with Crippen LogP contribution in [0.5, 0.6) is 0 Å². The van der Waals surface area contributed by atoms with E-state index in [-0.39, 0.29) is 23.3 Å². The number of thiazole rings is 1. The molecule has 0 unspecified atom stereocenters. The molecular weight excluding hydrogens is 378 g/mol. The standard InChI is InChI=1S/C20H19N3O2S2/c1-14-7-9-16(10-8-14)21-18(24)12-26-13-19(25)23-20-22-17(11-27-20)15-5-3-2-4-6-15/h2-11H,12-13H2,1H3,(H,21,24)(H,22,23,25). The number of carbonyl (C=O) groups excluding carboxylic acids is 2. The van der Waals surface area contributed by atoms with Crippen molar-refractivity contribution in [1.29, 1.82) is 0 Å². The summed E-state index contributed by atoms with van der Waals surface area (Å²) in [5.74, 6) is 0.116. The van der Waals surface area contributed by atoms with E-state index in [1.165, 1.54) is 23.1 Å². The van der Waals surface area contributed by atoms with E-state index in [1.807, 2.05) is 66.9 Å². The zero-order chi connectivity index (χ0) is 19.1. The number of benzene rings is 2. The minimum atomic E-state index is -0.169. The number of hydrogen-bond donors (Lipinski definition) is 2. The van der Waals surface area contributed by atoms with Gasteiger partial charge in [-0.2, -0.15) is 0 Å². The van der Waals surface area contributed by atoms with E-state index in [0.29, 0.717) is 5.13 Å². The van der Waals surface area contributed by atoms with Crippen molar-refractivity contribution in [2.45, 2.75) is 6.92 Å². The Bertz CT molecular complexity index is 908. The lowest BCUT2D eigenvalue weighted by atomic mass is 10.2. The third kappa shape index (κ3) is 5.94. The summed E-state index contributed by atoms with van der Waals surface area (Å²) in [6.07, 6.45) is 0. The van der Waals surface area contributed by atoms with Crippen LogP contribution < -0.4 is 10.6 Å². The van der Waals surface area contributed by atoms with Crippen LogP contribution in [0.2, 0.25) is 0 Å². The molecule has 7 heteroatoms. The maximum Gasteiger partial charge on any atom is 0.236 e. The topological polar surface area (TPSA) is 71.1 Å². The van der Waals surface area contributed by atoms with Gasteiger partial charge in [-0.1, -0.05) is 48.0 Å². The molecule has 1 heterocycles. The monoisotopic (exact) mass is 397 g/mol. The van der Waals surface area contributed by atoms with Crippen LogP contribution in [-0.2, 0) is 9.59 Å². The van der Waals surface area contributed by atoms with Gasteiger partial charge in [-0.25, -0.2) is 4.98 Å². The fourth-order valence-corrected chi connectivity index (χ4v) is 3.65. The molecule has 3 aromatic rings. The van der Waals surface area contributed by atoms with Gasteiger partial charge in [-0.05, 0) is 19.1 Å². The summed E-state index contributed by atoms with van der Waals surface area (Å²) in [4.78, 5) is 28.4. The number of aromatic nitrogens is 1. The summed E-state index contributed by atoms with van der Waals surface area (Å²) >= 11 is 2.65. The van der Waals surface area contributed by atoms with Crippen molar-refractivity contribution in [1.82, 2.24) is 4.98 Å². The highest BCUT2D eigenvalue weighted by atomic mass is 32.2. The smallest absolute Gasteiger partial charge is 0.236 e. The molecule has 138 valence electrons. The second-order valence-electron chi connectivity index (χ2n) is 5.86. The largest absolute Gasteiger partial charge is 0.325 e. The van der Waals surface area contributed by atoms with Gasteiger partial charge in [-0.15, -0.1) is 23.1 Å². The van der Waals surface area contributed by atoms with E-state index in [1.54, 1.807) is 0 Å². The molecule has 0 saturated carbocycles. The number of aryl methyl sites for hydroxylation is 1. The van der Waals surface area contributed by atoms with Crippen LogP contribution in [0.15, 0.2) is 60.0 Å². The Morgan fingerprint density at radius 3 is 2.33 bits per heavy atom. The van der Waals surface area contributed by atoms with E-state index >= 15 is 0 Å². The Labute approximate surface area is 166 Å². The van der Waals surface area contributed by atoms with Crippen molar-refractivity contribution in [3.05, 3.63) is 65.5 Å². The van der Waals surface area contributed by atoms with Crippen molar-refractivity contribution >= 4 is 45.7 Å². The minimum Gasteiger partial charge on any atom is -0.325 e. The Kier molecular flexibility index (Phi) is 6.62. The van der Waals surface area contributed by atoms with E-state index < -0.39 is 0 Å². The molecule has 0 aliphatic rings. The summed E-state index contributed by atoms with van der Waals surface area (Å²) < 4.78 is 0. The Morgan fingerprint density at radius 2 is 1.63 bits per heavy atom. The van der Waals surface area contributed by atoms with Gasteiger partial charge in [0.2, 0.25) is 11.8 Å². The molecule has 0 radical (unpaired) electrons. The first-order chi connectivity index (χ1) is 13.1. The number of anilines is 2. The molecule has 27 heavy (non-hydrogen) atoms. The summed E-state index contributed by atoms with van der Waals surface area (Å²) in [5, 5.41) is 8.06. The average Bonchev–Trinajstić information content (AvgIpc) is 3.13. The molecule has 2 N–H and O–H groups in total. The van der Waals surface area contributed by atoms with Crippen LogP contribution in [0.25, 0.3) is 11.3 Å². The maximum absolute atomic E-state index is 12.0. The summed E-state index contributed by atoms with van der Waals surface area (Å²) in [6, 6.07) is 17.4. The maximum atomic E-state index is 12.0. The highest BCUT2D eigenvalue weighted by molar-refractivity contribution is 8.00. The normalized spacial score (nSPS) is 10.4. The molecule has 0 aliphatic heterocycles. The number of nitrogens with zero attached hydrogens (tertiary/aromatic N) is 1. The number of thioether (sulfide) groups is 1. The molecule has 2 aromatic carbocycles. The van der Waals surface area contributed by atoms with Gasteiger partial charge in [0.1, 0.15) is 0 Å². The molecule has 1 aromatic heterocycles. The Hall–Kier alpha value is -2.64. The summed E-state index contributed by atoms with van der Waals surface area (Å²) in [6.45, 7) is 1.99. The first-order valence-electron chi connectivity index (χ1n) is 8.35. The number of hydrogen-bond acceptors (Lipinski definition) is 5. The molecule has 0 saturated heterocycles. The number of nitrogens with one attached hydrogen (secondary N) is 2. The lowest BCUT2D eigenvalue weighted by Crippen LogP contribution is -2.18. The van der Waals surface area contributed by atoms with Crippen molar-refractivity contribution in [3.8, 4) is 11.3 Å². The highest BCUT2D eigenvalue weighted by Gasteiger charge is 2.09. The zero-order valence-corrected chi connectivity index (χ0v) is 16.4. The van der Waals surface area contributed by atoms with Crippen molar-refractivity contribution in [3.63, 3.8) is 0 Å². The molecule has 0 fully saturated rings. The van der Waals surface area contributed by atoms with Gasteiger partial charge < -0.3 is 10.6 Å². The lowest BCUT2D eigenvalue weighted by molar-refractivity contribution is -0.114. The predicted molar refractivity (Wildman–Crippen MR) is 113 cm³/mol. The summed E-state index contributed by atoms with van der Waals surface area (Å²) in [7, 11) is 0. The zero-order valence-electron chi connectivity index (χ0n) is 14.8. The molecule has 5 nitrogen and oxygen atoms in total. The fraction of sp³-hybridized carbons (Fsp3) is 0.150. The van der Waals surface area contributed by atoms with Gasteiger partial charge in [0.25, 0.3) is 0 Å². The molecule has 0 spiro atoms. The first kappa shape index (κ1) is 19.1. The number of amides is 2. The van der Waals surface area contributed by atoms with Crippen molar-refractivity contribution in [2.75, 3.05) is 22.1 Å². The van der Waals surface area contributed by atoms with Crippen LogP contribution in [-0.4, -0.2) is 28.3 Å². The van der Waals surface area contributed by atoms with Gasteiger partial charge in [-0.3, -0.25) is 9.59 Å². The summed E-state index contributed by atoms with van der Waals surface area (Å²) in [5.41, 5.74) is 3.74. The third-order valence-corrected chi connectivity index (χ3v) is 5.31. The Morgan fingerprint density at radius 1 is 0.963 bits per heavy atom. The first-order valence-corrected chi connectivity index (χ1v) is 10.4. The molecular formula is C20H19N3O2S2. The molecule has 2 amide bonds. The van der Waals surface area contributed by atoms with E-state index in [2.05, 4.69) is 15.6 Å². The van der Waals surface area contributed by atoms with E-state index in [9.17, 15) is 9.59 Å². The second-order valence-corrected chi connectivity index (χ2v) is 7.70. The van der Waals surface area contributed by atoms with Crippen LogP contribution >= 0.6 is 23.1 Å². The number of carbonyl (C=O) groups is 2. The van der Waals surface area contributed by atoms with Gasteiger partial charge >= 0.3 is 0 Å². The molecule has 0 bridgehead atoms. The third-order valence-electron chi connectivity index (χ3n) is 3.62. The van der Waals surface area contributed by atoms with Crippen LogP contribution in [0.1, 0.15) is 5.56 Å². The second kappa shape index (κ2) is 9.34. The molecule has 3 rings (SSSR count). The van der Waals surface area contributed by atoms with Crippen LogP contribution in [0, 0.1) is 6.92 Å². The fourth-order valence-electron chi connectivity index (χ4n) is 2.30. The van der Waals surface area contributed by atoms with Gasteiger partial charge in [0.15, 0.2) is 5.13 Å². The lowest BCUT2D eigenvalue weighted by Gasteiger charge is -2.05.